The van der Waals surface area contributed by atoms with Gasteiger partial charge < -0.3 is 23.7 Å². The van der Waals surface area contributed by atoms with Crippen molar-refractivity contribution in [3.05, 3.63) is 60.9 Å². The highest BCUT2D eigenvalue weighted by molar-refractivity contribution is 5.96. The molecular formula is C24H33NO7. The van der Waals surface area contributed by atoms with E-state index in [2.05, 4.69) is 13.2 Å². The van der Waals surface area contributed by atoms with Crippen LogP contribution < -0.4 is 0 Å². The zero-order chi connectivity index (χ0) is 23.5. The first-order valence-electron chi connectivity index (χ1n) is 10.6. The van der Waals surface area contributed by atoms with E-state index in [1.807, 2.05) is 44.2 Å². The molecule has 1 fully saturated rings. The van der Waals surface area contributed by atoms with E-state index < -0.39 is 24.2 Å². The molecule has 2 amide bonds. The fourth-order valence-corrected chi connectivity index (χ4v) is 3.18. The minimum Gasteiger partial charge on any atom is -0.472 e. The molecule has 1 aliphatic rings. The number of amides is 2. The predicted octanol–water partition coefficient (Wildman–Crippen LogP) is 3.67. The molecule has 1 heterocycles. The molecule has 0 radical (unpaired) electrons. The van der Waals surface area contributed by atoms with Crippen molar-refractivity contribution >= 4 is 12.0 Å². The Morgan fingerprint density at radius 1 is 1.31 bits per heavy atom. The van der Waals surface area contributed by atoms with Crippen LogP contribution in [0, 0.1) is 5.92 Å². The van der Waals surface area contributed by atoms with E-state index in [9.17, 15) is 9.59 Å². The Balaban J connectivity index is 2.08. The fourth-order valence-electron chi connectivity index (χ4n) is 3.18. The second-order valence-electron chi connectivity index (χ2n) is 7.79. The molecule has 1 aliphatic heterocycles. The van der Waals surface area contributed by atoms with E-state index in [0.717, 1.165) is 10.5 Å². The van der Waals surface area contributed by atoms with Crippen molar-refractivity contribution < 1.29 is 33.3 Å². The molecule has 3 atom stereocenters. The Morgan fingerprint density at radius 2 is 2.03 bits per heavy atom. The molecule has 8 heteroatoms. The summed E-state index contributed by atoms with van der Waals surface area (Å²) in [6.45, 7) is 12.2. The Labute approximate surface area is 189 Å². The Kier molecular flexibility index (Phi) is 10.4. The molecule has 0 aliphatic carbocycles. The number of methoxy groups -OCH3 is 1. The predicted molar refractivity (Wildman–Crippen MR) is 118 cm³/mol. The van der Waals surface area contributed by atoms with Crippen LogP contribution in [0.5, 0.6) is 0 Å². The summed E-state index contributed by atoms with van der Waals surface area (Å²) in [7, 11) is 1.48. The molecular weight excluding hydrogens is 414 g/mol. The van der Waals surface area contributed by atoms with Crippen molar-refractivity contribution in [2.24, 2.45) is 5.92 Å². The van der Waals surface area contributed by atoms with Crippen molar-refractivity contribution in [3.8, 4) is 0 Å². The maximum Gasteiger partial charge on any atom is 0.417 e. The minimum absolute atomic E-state index is 0.00874. The second-order valence-corrected chi connectivity index (χ2v) is 7.79. The molecule has 0 aromatic heterocycles. The van der Waals surface area contributed by atoms with Gasteiger partial charge in [-0.1, -0.05) is 56.8 Å². The van der Waals surface area contributed by atoms with Crippen molar-refractivity contribution in [1.29, 1.82) is 0 Å². The number of rotatable bonds is 14. The number of ether oxygens (including phenoxy) is 5. The average Bonchev–Trinajstić information content (AvgIpc) is 3.18. The van der Waals surface area contributed by atoms with Gasteiger partial charge in [0.25, 0.3) is 5.91 Å². The van der Waals surface area contributed by atoms with E-state index in [-0.39, 0.29) is 38.4 Å². The third kappa shape index (κ3) is 7.47. The van der Waals surface area contributed by atoms with Gasteiger partial charge in [-0.15, -0.1) is 6.58 Å². The molecule has 0 unspecified atom stereocenters. The van der Waals surface area contributed by atoms with E-state index in [1.165, 1.54) is 7.11 Å². The van der Waals surface area contributed by atoms with E-state index in [1.54, 1.807) is 6.08 Å². The Morgan fingerprint density at radius 3 is 2.66 bits per heavy atom. The zero-order valence-electron chi connectivity index (χ0n) is 19.0. The summed E-state index contributed by atoms with van der Waals surface area (Å²) in [4.78, 5) is 26.7. The molecule has 2 rings (SSSR count). The number of carbonyl (C=O) groups is 2. The van der Waals surface area contributed by atoms with Gasteiger partial charge in [0.15, 0.2) is 6.79 Å². The highest BCUT2D eigenvalue weighted by Gasteiger charge is 2.43. The van der Waals surface area contributed by atoms with Crippen molar-refractivity contribution in [2.75, 3.05) is 27.1 Å². The number of carbonyl (C=O) groups excluding carboxylic acids is 2. The van der Waals surface area contributed by atoms with Crippen molar-refractivity contribution in [2.45, 2.75) is 45.1 Å². The van der Waals surface area contributed by atoms with Crippen LogP contribution in [0.25, 0.3) is 0 Å². The Hall–Kier alpha value is -2.68. The molecule has 176 valence electrons. The van der Waals surface area contributed by atoms with Crippen molar-refractivity contribution in [3.63, 3.8) is 0 Å². The molecule has 0 bridgehead atoms. The number of hydrogen-bond acceptors (Lipinski definition) is 7. The first-order valence-corrected chi connectivity index (χ1v) is 10.6. The molecule has 0 N–H and O–H groups in total. The number of cyclic esters (lactones) is 1. The van der Waals surface area contributed by atoms with Crippen LogP contribution in [0.1, 0.15) is 25.8 Å². The lowest BCUT2D eigenvalue weighted by molar-refractivity contribution is -0.147. The van der Waals surface area contributed by atoms with Gasteiger partial charge in [0.05, 0.1) is 31.1 Å². The standard InChI is InChI=1S/C24H33NO7/c1-6-20(14-29-13-19-10-8-7-9-11-19)32-22(12-18(4)31-16-28-5)23(26)25-21(17(2)3)15-30-24(25)27/h6-11,17,20-22H,1,4,12-16H2,2-3,5H3/t20-,21+,22+/m1/s1. The largest absolute Gasteiger partial charge is 0.472 e. The van der Waals surface area contributed by atoms with E-state index in [4.69, 9.17) is 23.7 Å². The van der Waals surface area contributed by atoms with Crippen LogP contribution in [-0.2, 0) is 35.1 Å². The van der Waals surface area contributed by atoms with Gasteiger partial charge in [-0.25, -0.2) is 9.69 Å². The van der Waals surface area contributed by atoms with Gasteiger partial charge in [-0.2, -0.15) is 0 Å². The van der Waals surface area contributed by atoms with Gasteiger partial charge in [0, 0.05) is 13.5 Å². The third-order valence-corrected chi connectivity index (χ3v) is 4.98. The molecule has 1 aromatic carbocycles. The van der Waals surface area contributed by atoms with E-state index >= 15 is 0 Å². The average molecular weight is 448 g/mol. The topological polar surface area (TPSA) is 83.5 Å². The maximum absolute atomic E-state index is 13.3. The summed E-state index contributed by atoms with van der Waals surface area (Å²) in [6, 6.07) is 9.34. The maximum atomic E-state index is 13.3. The number of imide groups is 1. The molecule has 1 aromatic rings. The van der Waals surface area contributed by atoms with Gasteiger partial charge in [-0.05, 0) is 11.5 Å². The summed E-state index contributed by atoms with van der Waals surface area (Å²) in [5, 5.41) is 0. The molecule has 32 heavy (non-hydrogen) atoms. The number of hydrogen-bond donors (Lipinski definition) is 0. The minimum atomic E-state index is -1.03. The Bertz CT molecular complexity index is 765. The van der Waals surface area contributed by atoms with Crippen LogP contribution in [0.15, 0.2) is 55.3 Å². The number of benzene rings is 1. The van der Waals surface area contributed by atoms with Crippen LogP contribution in [0.2, 0.25) is 0 Å². The summed E-state index contributed by atoms with van der Waals surface area (Å²) in [5.74, 6) is -0.182. The van der Waals surface area contributed by atoms with Gasteiger partial charge >= 0.3 is 6.09 Å². The van der Waals surface area contributed by atoms with Gasteiger partial charge in [0.1, 0.15) is 12.7 Å². The first-order chi connectivity index (χ1) is 15.4. The molecule has 0 saturated carbocycles. The monoisotopic (exact) mass is 447 g/mol. The lowest BCUT2D eigenvalue weighted by Crippen LogP contribution is -2.48. The molecule has 1 saturated heterocycles. The SMILES string of the molecule is C=C[C@H](COCc1ccccc1)O[C@@H](CC(=C)OCOC)C(=O)N1C(=O)OC[C@H]1C(C)C. The number of nitrogens with zero attached hydrogens (tertiary/aromatic N) is 1. The third-order valence-electron chi connectivity index (χ3n) is 4.98. The summed E-state index contributed by atoms with van der Waals surface area (Å²) >= 11 is 0. The van der Waals surface area contributed by atoms with Gasteiger partial charge in [-0.3, -0.25) is 4.79 Å². The lowest BCUT2D eigenvalue weighted by Gasteiger charge is -2.29. The zero-order valence-corrected chi connectivity index (χ0v) is 19.0. The van der Waals surface area contributed by atoms with Gasteiger partial charge in [0.2, 0.25) is 0 Å². The summed E-state index contributed by atoms with van der Waals surface area (Å²) < 4.78 is 27.1. The summed E-state index contributed by atoms with van der Waals surface area (Å²) in [5.41, 5.74) is 1.02. The highest BCUT2D eigenvalue weighted by atomic mass is 16.7. The van der Waals surface area contributed by atoms with Crippen LogP contribution in [-0.4, -0.2) is 62.3 Å². The normalized spacial score (nSPS) is 17.7. The fraction of sp³-hybridized carbons (Fsp3) is 0.500. The van der Waals surface area contributed by atoms with Crippen LogP contribution in [0.4, 0.5) is 4.79 Å². The van der Waals surface area contributed by atoms with Crippen LogP contribution in [0.3, 0.4) is 0 Å². The first kappa shape index (κ1) is 25.6. The second kappa shape index (κ2) is 13.0. The summed E-state index contributed by atoms with van der Waals surface area (Å²) in [6.07, 6.45) is -0.693. The molecule has 8 nitrogen and oxygen atoms in total. The molecule has 0 spiro atoms. The smallest absolute Gasteiger partial charge is 0.417 e. The highest BCUT2D eigenvalue weighted by Crippen LogP contribution is 2.24. The quantitative estimate of drug-likeness (QED) is 0.244. The lowest BCUT2D eigenvalue weighted by atomic mass is 10.0. The van der Waals surface area contributed by atoms with E-state index in [0.29, 0.717) is 12.4 Å². The van der Waals surface area contributed by atoms with Crippen LogP contribution >= 0.6 is 0 Å². The van der Waals surface area contributed by atoms with Crippen molar-refractivity contribution in [1.82, 2.24) is 4.90 Å².